The second kappa shape index (κ2) is 6.49. The van der Waals surface area contributed by atoms with Crippen LogP contribution in [-0.2, 0) is 5.54 Å². The number of para-hydroxylation sites is 1. The zero-order valence-electron chi connectivity index (χ0n) is 14.3. The van der Waals surface area contributed by atoms with Crippen LogP contribution in [0.15, 0.2) is 54.9 Å². The van der Waals surface area contributed by atoms with Gasteiger partial charge in [0.05, 0.1) is 16.6 Å². The lowest BCUT2D eigenvalue weighted by Crippen LogP contribution is -2.47. The zero-order chi connectivity index (χ0) is 18.0. The maximum Gasteiger partial charge on any atom is 0.250 e. The van der Waals surface area contributed by atoms with Gasteiger partial charge in [0.25, 0.3) is 5.91 Å². The third-order valence-corrected chi connectivity index (χ3v) is 4.76. The highest BCUT2D eigenvalue weighted by Crippen LogP contribution is 2.33. The molecule has 1 amide bonds. The summed E-state index contributed by atoms with van der Waals surface area (Å²) in [5.41, 5.74) is 13.2. The molecular formula is C19H21N5O. The lowest BCUT2D eigenvalue weighted by atomic mass is 9.90. The largest absolute Gasteiger partial charge is 0.366 e. The lowest BCUT2D eigenvalue weighted by Gasteiger charge is -2.39. The summed E-state index contributed by atoms with van der Waals surface area (Å²) >= 11 is 0. The van der Waals surface area contributed by atoms with E-state index < -0.39 is 11.4 Å². The van der Waals surface area contributed by atoms with Gasteiger partial charge in [0.1, 0.15) is 12.1 Å². The fourth-order valence-electron chi connectivity index (χ4n) is 3.02. The Morgan fingerprint density at radius 2 is 1.84 bits per heavy atom. The van der Waals surface area contributed by atoms with E-state index in [1.807, 2.05) is 48.3 Å². The molecule has 4 N–H and O–H groups in total. The molecule has 0 aliphatic heterocycles. The van der Waals surface area contributed by atoms with Gasteiger partial charge in [0.2, 0.25) is 0 Å². The molecule has 128 valence electrons. The van der Waals surface area contributed by atoms with E-state index in [0.717, 1.165) is 10.9 Å². The third-order valence-electron chi connectivity index (χ3n) is 4.76. The molecule has 6 heteroatoms. The first-order chi connectivity index (χ1) is 12.0. The van der Waals surface area contributed by atoms with E-state index in [0.29, 0.717) is 23.4 Å². The Hall–Kier alpha value is -2.99. The van der Waals surface area contributed by atoms with Crippen LogP contribution in [0.1, 0.15) is 22.8 Å². The summed E-state index contributed by atoms with van der Waals surface area (Å²) in [6, 6.07) is 15.4. The first kappa shape index (κ1) is 16.9. The van der Waals surface area contributed by atoms with Crippen LogP contribution in [0.3, 0.4) is 0 Å². The van der Waals surface area contributed by atoms with E-state index in [1.165, 1.54) is 6.33 Å². The van der Waals surface area contributed by atoms with Crippen molar-refractivity contribution in [2.24, 2.45) is 11.5 Å². The highest BCUT2D eigenvalue weighted by molar-refractivity contribution is 6.07. The smallest absolute Gasteiger partial charge is 0.250 e. The molecule has 0 unspecified atom stereocenters. The Morgan fingerprint density at radius 1 is 1.12 bits per heavy atom. The van der Waals surface area contributed by atoms with Gasteiger partial charge < -0.3 is 16.4 Å². The highest BCUT2D eigenvalue weighted by atomic mass is 16.1. The van der Waals surface area contributed by atoms with Crippen molar-refractivity contribution in [3.05, 3.63) is 66.0 Å². The molecule has 3 rings (SSSR count). The molecule has 2 aromatic carbocycles. The van der Waals surface area contributed by atoms with Gasteiger partial charge in [-0.3, -0.25) is 4.79 Å². The van der Waals surface area contributed by atoms with Gasteiger partial charge in [-0.1, -0.05) is 36.4 Å². The molecular weight excluding hydrogens is 314 g/mol. The number of anilines is 1. The molecule has 0 saturated carbocycles. The number of likely N-dealkylation sites (N-methyl/N-ethyl adjacent to an activating group) is 1. The van der Waals surface area contributed by atoms with Crippen molar-refractivity contribution in [2.75, 3.05) is 18.5 Å². The summed E-state index contributed by atoms with van der Waals surface area (Å²) in [6.07, 6.45) is 1.45. The van der Waals surface area contributed by atoms with Crippen molar-refractivity contribution in [1.82, 2.24) is 9.97 Å². The fourth-order valence-corrected chi connectivity index (χ4v) is 3.02. The molecule has 25 heavy (non-hydrogen) atoms. The summed E-state index contributed by atoms with van der Waals surface area (Å²) in [5, 5.41) is 0.761. The van der Waals surface area contributed by atoms with Crippen LogP contribution < -0.4 is 16.4 Å². The number of hydrogen-bond acceptors (Lipinski definition) is 5. The maximum atomic E-state index is 11.7. The van der Waals surface area contributed by atoms with Gasteiger partial charge in [0.15, 0.2) is 0 Å². The topological polar surface area (TPSA) is 98.1 Å². The maximum absolute atomic E-state index is 11.7. The van der Waals surface area contributed by atoms with Gasteiger partial charge in [-0.2, -0.15) is 0 Å². The monoisotopic (exact) mass is 335 g/mol. The van der Waals surface area contributed by atoms with Gasteiger partial charge in [-0.05, 0) is 24.6 Å². The predicted octanol–water partition coefficient (Wildman–Crippen LogP) is 2.04. The highest BCUT2D eigenvalue weighted by Gasteiger charge is 2.32. The number of fused-ring (bicyclic) bond motifs is 1. The molecule has 0 radical (unpaired) electrons. The van der Waals surface area contributed by atoms with Crippen molar-refractivity contribution in [1.29, 1.82) is 0 Å². The standard InChI is InChI=1S/C19H21N5O/c1-19(11-20,13-7-4-3-5-8-13)24(2)18-15-10-6-9-14(17(21)25)16(15)22-12-23-18/h3-10,12H,11,20H2,1-2H3,(H2,21,25)/t19-/m1/s1. The number of primary amides is 1. The molecule has 1 atom stereocenters. The minimum absolute atomic E-state index is 0.378. The Morgan fingerprint density at radius 3 is 2.48 bits per heavy atom. The molecule has 3 aromatic rings. The Kier molecular flexibility index (Phi) is 4.37. The number of amides is 1. The van der Waals surface area contributed by atoms with Crippen LogP contribution in [0.4, 0.5) is 5.82 Å². The molecule has 0 saturated heterocycles. The van der Waals surface area contributed by atoms with E-state index in [4.69, 9.17) is 11.5 Å². The normalized spacial score (nSPS) is 13.4. The molecule has 0 aliphatic carbocycles. The molecule has 0 bridgehead atoms. The number of aromatic nitrogens is 2. The fraction of sp³-hybridized carbons (Fsp3) is 0.211. The molecule has 1 heterocycles. The predicted molar refractivity (Wildman–Crippen MR) is 99.3 cm³/mol. The van der Waals surface area contributed by atoms with E-state index >= 15 is 0 Å². The summed E-state index contributed by atoms with van der Waals surface area (Å²) in [5.74, 6) is 0.187. The second-order valence-electron chi connectivity index (χ2n) is 6.17. The molecule has 0 fully saturated rings. The van der Waals surface area contributed by atoms with Crippen LogP contribution in [0.2, 0.25) is 0 Å². The van der Waals surface area contributed by atoms with E-state index in [2.05, 4.69) is 16.9 Å². The first-order valence-corrected chi connectivity index (χ1v) is 8.02. The lowest BCUT2D eigenvalue weighted by molar-refractivity contribution is 0.100. The first-order valence-electron chi connectivity index (χ1n) is 8.02. The van der Waals surface area contributed by atoms with Crippen molar-refractivity contribution in [3.63, 3.8) is 0 Å². The number of hydrogen-bond donors (Lipinski definition) is 2. The van der Waals surface area contributed by atoms with Gasteiger partial charge in [-0.25, -0.2) is 9.97 Å². The van der Waals surface area contributed by atoms with Gasteiger partial charge >= 0.3 is 0 Å². The molecule has 0 aliphatic rings. The van der Waals surface area contributed by atoms with Crippen molar-refractivity contribution in [2.45, 2.75) is 12.5 Å². The summed E-state index contributed by atoms with van der Waals surface area (Å²) in [6.45, 7) is 2.46. The van der Waals surface area contributed by atoms with Crippen LogP contribution in [0.25, 0.3) is 10.9 Å². The van der Waals surface area contributed by atoms with Gasteiger partial charge in [-0.15, -0.1) is 0 Å². The SMILES string of the molecule is CN(c1ncnc2c(C(N)=O)cccc12)[C@](C)(CN)c1ccccc1. The second-order valence-corrected chi connectivity index (χ2v) is 6.17. The number of benzene rings is 2. The summed E-state index contributed by atoms with van der Waals surface area (Å²) < 4.78 is 0. The van der Waals surface area contributed by atoms with Crippen molar-refractivity contribution in [3.8, 4) is 0 Å². The van der Waals surface area contributed by atoms with E-state index in [1.54, 1.807) is 12.1 Å². The number of rotatable bonds is 5. The van der Waals surface area contributed by atoms with Gasteiger partial charge in [0, 0.05) is 19.0 Å². The Labute approximate surface area is 146 Å². The molecule has 0 spiro atoms. The number of nitrogens with zero attached hydrogens (tertiary/aromatic N) is 3. The average molecular weight is 335 g/mol. The van der Waals surface area contributed by atoms with Crippen LogP contribution in [0, 0.1) is 0 Å². The number of nitrogens with two attached hydrogens (primary N) is 2. The summed E-state index contributed by atoms with van der Waals surface area (Å²) in [7, 11) is 1.94. The Balaban J connectivity index is 2.18. The minimum Gasteiger partial charge on any atom is -0.366 e. The third kappa shape index (κ3) is 2.81. The van der Waals surface area contributed by atoms with Crippen LogP contribution >= 0.6 is 0 Å². The molecule has 1 aromatic heterocycles. The van der Waals surface area contributed by atoms with Crippen molar-refractivity contribution >= 4 is 22.6 Å². The molecule has 6 nitrogen and oxygen atoms in total. The van der Waals surface area contributed by atoms with Crippen LogP contribution in [0.5, 0.6) is 0 Å². The quantitative estimate of drug-likeness (QED) is 0.743. The Bertz CT molecular complexity index is 912. The zero-order valence-corrected chi connectivity index (χ0v) is 14.3. The summed E-state index contributed by atoms with van der Waals surface area (Å²) in [4.78, 5) is 22.4. The number of carbonyl (C=O) groups excluding carboxylic acids is 1. The number of carbonyl (C=O) groups is 1. The van der Waals surface area contributed by atoms with Crippen LogP contribution in [-0.4, -0.2) is 29.5 Å². The average Bonchev–Trinajstić information content (AvgIpc) is 2.66. The minimum atomic E-state index is -0.512. The van der Waals surface area contributed by atoms with E-state index in [-0.39, 0.29) is 0 Å². The van der Waals surface area contributed by atoms with Crippen molar-refractivity contribution < 1.29 is 4.79 Å². The van der Waals surface area contributed by atoms with E-state index in [9.17, 15) is 4.79 Å².